The largest absolute Gasteiger partial charge is 0.310 e. The van der Waals surface area contributed by atoms with Gasteiger partial charge < -0.3 is 4.98 Å². The summed E-state index contributed by atoms with van der Waals surface area (Å²) in [6, 6.07) is 0. The van der Waals surface area contributed by atoms with E-state index >= 15 is 0 Å². The second-order valence-electron chi connectivity index (χ2n) is 3.41. The van der Waals surface area contributed by atoms with Crippen LogP contribution in [0.3, 0.4) is 0 Å². The summed E-state index contributed by atoms with van der Waals surface area (Å²) >= 11 is 0. The number of hydrogen-bond acceptors (Lipinski definition) is 3. The van der Waals surface area contributed by atoms with Gasteiger partial charge in [0.25, 0.3) is 5.56 Å². The van der Waals surface area contributed by atoms with Crippen LogP contribution in [0, 0.1) is 6.92 Å². The van der Waals surface area contributed by atoms with E-state index in [4.69, 9.17) is 0 Å². The van der Waals surface area contributed by atoms with Crippen molar-refractivity contribution in [2.45, 2.75) is 19.8 Å². The molecule has 1 N–H and O–H groups in total. The Morgan fingerprint density at radius 3 is 2.79 bits per heavy atom. The molecule has 0 saturated heterocycles. The number of nitrogens with one attached hydrogen (secondary N) is 1. The molecule has 5 heteroatoms. The number of fused-ring (bicyclic) bond motifs is 1. The molecule has 0 aliphatic carbocycles. The molecule has 1 aromatic heterocycles. The van der Waals surface area contributed by atoms with Crippen molar-refractivity contribution < 1.29 is 4.79 Å². The van der Waals surface area contributed by atoms with Crippen molar-refractivity contribution >= 4 is 11.7 Å². The molecule has 14 heavy (non-hydrogen) atoms. The van der Waals surface area contributed by atoms with E-state index in [0.717, 1.165) is 0 Å². The maximum atomic E-state index is 11.5. The van der Waals surface area contributed by atoms with E-state index in [0.29, 0.717) is 30.0 Å². The van der Waals surface area contributed by atoms with Gasteiger partial charge in [0.05, 0.1) is 5.56 Å². The van der Waals surface area contributed by atoms with Gasteiger partial charge in [-0.05, 0) is 13.3 Å². The summed E-state index contributed by atoms with van der Waals surface area (Å²) in [5.41, 5.74) is 0.476. The number of carbonyl (C=O) groups is 1. The maximum Gasteiger partial charge on any atom is 0.256 e. The van der Waals surface area contributed by atoms with Crippen LogP contribution < -0.4 is 10.5 Å². The van der Waals surface area contributed by atoms with Gasteiger partial charge >= 0.3 is 0 Å². The monoisotopic (exact) mass is 193 g/mol. The first-order chi connectivity index (χ1) is 6.59. The van der Waals surface area contributed by atoms with Gasteiger partial charge in [0.2, 0.25) is 5.91 Å². The Morgan fingerprint density at radius 1 is 1.36 bits per heavy atom. The van der Waals surface area contributed by atoms with Crippen LogP contribution in [0.1, 0.15) is 17.8 Å². The Hall–Kier alpha value is -1.65. The molecule has 2 heterocycles. The summed E-state index contributed by atoms with van der Waals surface area (Å²) in [6.45, 7) is 1.70. The summed E-state index contributed by atoms with van der Waals surface area (Å²) in [6.07, 6.45) is 0.873. The minimum absolute atomic E-state index is 0.00926. The fourth-order valence-electron chi connectivity index (χ4n) is 1.62. The highest BCUT2D eigenvalue weighted by Crippen LogP contribution is 2.20. The molecule has 2 rings (SSSR count). The summed E-state index contributed by atoms with van der Waals surface area (Å²) < 4.78 is 0. The molecule has 1 amide bonds. The van der Waals surface area contributed by atoms with Crippen LogP contribution in [0.5, 0.6) is 0 Å². The van der Waals surface area contributed by atoms with Crippen molar-refractivity contribution in [3.8, 4) is 0 Å². The van der Waals surface area contributed by atoms with Crippen molar-refractivity contribution in [2.24, 2.45) is 0 Å². The topological polar surface area (TPSA) is 66.1 Å². The lowest BCUT2D eigenvalue weighted by Gasteiger charge is -2.23. The van der Waals surface area contributed by atoms with Crippen LogP contribution in [0.4, 0.5) is 5.82 Å². The fraction of sp³-hybridized carbons (Fsp3) is 0.444. The molecule has 0 radical (unpaired) electrons. The van der Waals surface area contributed by atoms with E-state index in [2.05, 4.69) is 9.97 Å². The van der Waals surface area contributed by atoms with Crippen LogP contribution in [-0.2, 0) is 11.2 Å². The van der Waals surface area contributed by atoms with Crippen LogP contribution in [-0.4, -0.2) is 22.9 Å². The van der Waals surface area contributed by atoms with E-state index in [1.807, 2.05) is 0 Å². The molecule has 0 fully saturated rings. The lowest BCUT2D eigenvalue weighted by atomic mass is 10.1. The number of aromatic amines is 1. The number of rotatable bonds is 0. The smallest absolute Gasteiger partial charge is 0.256 e. The second kappa shape index (κ2) is 2.94. The van der Waals surface area contributed by atoms with Gasteiger partial charge in [-0.2, -0.15) is 0 Å². The van der Waals surface area contributed by atoms with E-state index in [-0.39, 0.29) is 11.5 Å². The number of anilines is 1. The van der Waals surface area contributed by atoms with E-state index in [1.54, 1.807) is 14.0 Å². The molecule has 74 valence electrons. The average molecular weight is 193 g/mol. The first kappa shape index (κ1) is 8.93. The van der Waals surface area contributed by atoms with E-state index < -0.39 is 0 Å². The number of aryl methyl sites for hydroxylation is 1. The third-order valence-electron chi connectivity index (χ3n) is 2.39. The highest BCUT2D eigenvalue weighted by Gasteiger charge is 2.24. The van der Waals surface area contributed by atoms with Crippen molar-refractivity contribution in [2.75, 3.05) is 11.9 Å². The van der Waals surface area contributed by atoms with Crippen LogP contribution in [0.2, 0.25) is 0 Å². The predicted octanol–water partition coefficient (Wildman–Crippen LogP) is -0.0127. The number of hydrogen-bond donors (Lipinski definition) is 1. The Bertz CT molecular complexity index is 450. The van der Waals surface area contributed by atoms with Crippen LogP contribution in [0.15, 0.2) is 4.79 Å². The van der Waals surface area contributed by atoms with Gasteiger partial charge in [-0.3, -0.25) is 14.5 Å². The lowest BCUT2D eigenvalue weighted by molar-refractivity contribution is -0.118. The summed E-state index contributed by atoms with van der Waals surface area (Å²) in [7, 11) is 1.65. The molecule has 0 atom stereocenters. The Labute approximate surface area is 80.8 Å². The van der Waals surface area contributed by atoms with Crippen molar-refractivity contribution in [3.63, 3.8) is 0 Å². The molecule has 1 aliphatic heterocycles. The third kappa shape index (κ3) is 1.21. The number of H-pyrrole nitrogens is 1. The molecule has 5 nitrogen and oxygen atoms in total. The number of nitrogens with zero attached hydrogens (tertiary/aromatic N) is 2. The first-order valence-corrected chi connectivity index (χ1v) is 4.46. The minimum atomic E-state index is -0.133. The fourth-order valence-corrected chi connectivity index (χ4v) is 1.62. The SMILES string of the molecule is Cc1nc2c(c(=O)[nH]1)CCC(=O)N2C. The highest BCUT2D eigenvalue weighted by atomic mass is 16.2. The van der Waals surface area contributed by atoms with Crippen molar-refractivity contribution in [1.29, 1.82) is 0 Å². The summed E-state index contributed by atoms with van der Waals surface area (Å²) in [5.74, 6) is 1.05. The number of carbonyl (C=O) groups excluding carboxylic acids is 1. The zero-order chi connectivity index (χ0) is 10.3. The van der Waals surface area contributed by atoms with Crippen LogP contribution in [0.25, 0.3) is 0 Å². The van der Waals surface area contributed by atoms with E-state index in [9.17, 15) is 9.59 Å². The first-order valence-electron chi connectivity index (χ1n) is 4.46. The Kier molecular flexibility index (Phi) is 1.87. The summed E-state index contributed by atoms with van der Waals surface area (Å²) in [5, 5.41) is 0. The van der Waals surface area contributed by atoms with Gasteiger partial charge in [0.1, 0.15) is 11.6 Å². The van der Waals surface area contributed by atoms with Gasteiger partial charge in [0.15, 0.2) is 0 Å². The lowest BCUT2D eigenvalue weighted by Crippen LogP contribution is -2.36. The van der Waals surface area contributed by atoms with Crippen molar-refractivity contribution in [1.82, 2.24) is 9.97 Å². The minimum Gasteiger partial charge on any atom is -0.310 e. The Morgan fingerprint density at radius 2 is 2.07 bits per heavy atom. The maximum absolute atomic E-state index is 11.5. The molecule has 1 aromatic rings. The molecule has 0 spiro atoms. The standard InChI is InChI=1S/C9H11N3O2/c1-5-10-8-6(9(14)11-5)3-4-7(13)12(8)2/h3-4H2,1-2H3,(H,10,11,14). The molecule has 0 unspecified atom stereocenters. The number of aromatic nitrogens is 2. The molecular weight excluding hydrogens is 182 g/mol. The molecular formula is C9H11N3O2. The third-order valence-corrected chi connectivity index (χ3v) is 2.39. The molecule has 0 saturated carbocycles. The molecule has 0 bridgehead atoms. The molecule has 1 aliphatic rings. The normalized spacial score (nSPS) is 15.6. The number of amides is 1. The molecule has 0 aromatic carbocycles. The summed E-state index contributed by atoms with van der Waals surface area (Å²) in [4.78, 5) is 31.1. The van der Waals surface area contributed by atoms with Crippen LogP contribution >= 0.6 is 0 Å². The zero-order valence-corrected chi connectivity index (χ0v) is 8.13. The quantitative estimate of drug-likeness (QED) is 0.630. The van der Waals surface area contributed by atoms with Gasteiger partial charge in [0, 0.05) is 13.5 Å². The predicted molar refractivity (Wildman–Crippen MR) is 51.3 cm³/mol. The van der Waals surface area contributed by atoms with Gasteiger partial charge in [-0.1, -0.05) is 0 Å². The van der Waals surface area contributed by atoms with Gasteiger partial charge in [-0.15, -0.1) is 0 Å². The highest BCUT2D eigenvalue weighted by molar-refractivity contribution is 5.94. The average Bonchev–Trinajstić information content (AvgIpc) is 2.12. The Balaban J connectivity index is 2.65. The van der Waals surface area contributed by atoms with E-state index in [1.165, 1.54) is 4.90 Å². The zero-order valence-electron chi connectivity index (χ0n) is 8.13. The van der Waals surface area contributed by atoms with Gasteiger partial charge in [-0.25, -0.2) is 4.98 Å². The second-order valence-corrected chi connectivity index (χ2v) is 3.41. The van der Waals surface area contributed by atoms with Crippen molar-refractivity contribution in [3.05, 3.63) is 21.7 Å².